The third-order valence-electron chi connectivity index (χ3n) is 3.19. The van der Waals surface area contributed by atoms with Crippen molar-refractivity contribution in [2.45, 2.75) is 40.7 Å². The highest BCUT2D eigenvalue weighted by Gasteiger charge is 2.16. The zero-order chi connectivity index (χ0) is 12.6. The van der Waals surface area contributed by atoms with Gasteiger partial charge in [-0.05, 0) is 37.8 Å². The second-order valence-electron chi connectivity index (χ2n) is 5.16. The maximum atomic E-state index is 5.76. The van der Waals surface area contributed by atoms with Crippen LogP contribution in [0.2, 0.25) is 0 Å². The van der Waals surface area contributed by atoms with Crippen molar-refractivity contribution in [3.05, 3.63) is 0 Å². The van der Waals surface area contributed by atoms with Gasteiger partial charge in [0.05, 0.1) is 6.61 Å². The standard InChI is InChI=1S/C13H30N2O/c1-6-16-9-13(11(4)5)15-8-12(7-14)10(2)3/h10-13,15H,6-9,14H2,1-5H3. The minimum absolute atomic E-state index is 0.438. The molecule has 0 amide bonds. The molecule has 0 fully saturated rings. The molecule has 0 aliphatic carbocycles. The van der Waals surface area contributed by atoms with Crippen molar-refractivity contribution in [1.82, 2.24) is 5.32 Å². The molecule has 3 nitrogen and oxygen atoms in total. The zero-order valence-electron chi connectivity index (χ0n) is 11.6. The van der Waals surface area contributed by atoms with Crippen LogP contribution >= 0.6 is 0 Å². The average molecular weight is 230 g/mol. The molecular weight excluding hydrogens is 200 g/mol. The third kappa shape index (κ3) is 6.46. The molecule has 0 heterocycles. The van der Waals surface area contributed by atoms with Crippen molar-refractivity contribution in [1.29, 1.82) is 0 Å². The first-order valence-electron chi connectivity index (χ1n) is 6.54. The lowest BCUT2D eigenvalue weighted by Crippen LogP contribution is -2.43. The lowest BCUT2D eigenvalue weighted by atomic mass is 9.95. The van der Waals surface area contributed by atoms with Gasteiger partial charge in [0.2, 0.25) is 0 Å². The number of hydrogen-bond donors (Lipinski definition) is 2. The van der Waals surface area contributed by atoms with E-state index in [1.807, 2.05) is 6.92 Å². The second-order valence-corrected chi connectivity index (χ2v) is 5.16. The van der Waals surface area contributed by atoms with Crippen LogP contribution in [0.5, 0.6) is 0 Å². The Balaban J connectivity index is 3.99. The van der Waals surface area contributed by atoms with Crippen LogP contribution in [0.3, 0.4) is 0 Å². The van der Waals surface area contributed by atoms with Crippen LogP contribution in [0.25, 0.3) is 0 Å². The molecule has 16 heavy (non-hydrogen) atoms. The van der Waals surface area contributed by atoms with Gasteiger partial charge in [-0.15, -0.1) is 0 Å². The van der Waals surface area contributed by atoms with E-state index >= 15 is 0 Å². The first kappa shape index (κ1) is 15.9. The Hall–Kier alpha value is -0.120. The smallest absolute Gasteiger partial charge is 0.0621 e. The van der Waals surface area contributed by atoms with E-state index in [0.29, 0.717) is 23.8 Å². The van der Waals surface area contributed by atoms with Crippen molar-refractivity contribution < 1.29 is 4.74 Å². The maximum absolute atomic E-state index is 5.76. The Morgan fingerprint density at radius 3 is 2.12 bits per heavy atom. The summed E-state index contributed by atoms with van der Waals surface area (Å²) < 4.78 is 5.49. The summed E-state index contributed by atoms with van der Waals surface area (Å²) >= 11 is 0. The fourth-order valence-corrected chi connectivity index (χ4v) is 1.63. The molecule has 0 aliphatic rings. The maximum Gasteiger partial charge on any atom is 0.0621 e. The fourth-order valence-electron chi connectivity index (χ4n) is 1.63. The second kappa shape index (κ2) is 8.97. The van der Waals surface area contributed by atoms with Crippen LogP contribution < -0.4 is 11.1 Å². The Morgan fingerprint density at radius 1 is 1.12 bits per heavy atom. The molecule has 3 heteroatoms. The summed E-state index contributed by atoms with van der Waals surface area (Å²) in [5.41, 5.74) is 5.76. The summed E-state index contributed by atoms with van der Waals surface area (Å²) in [7, 11) is 0. The lowest BCUT2D eigenvalue weighted by Gasteiger charge is -2.26. The minimum Gasteiger partial charge on any atom is -0.380 e. The normalized spacial score (nSPS) is 15.8. The van der Waals surface area contributed by atoms with Crippen LogP contribution in [-0.4, -0.2) is 32.3 Å². The van der Waals surface area contributed by atoms with Crippen LogP contribution in [0.1, 0.15) is 34.6 Å². The molecule has 0 saturated carbocycles. The molecule has 0 aliphatic heterocycles. The highest BCUT2D eigenvalue weighted by atomic mass is 16.5. The third-order valence-corrected chi connectivity index (χ3v) is 3.19. The van der Waals surface area contributed by atoms with Crippen LogP contribution in [0, 0.1) is 17.8 Å². The van der Waals surface area contributed by atoms with E-state index in [1.54, 1.807) is 0 Å². The van der Waals surface area contributed by atoms with E-state index < -0.39 is 0 Å². The molecule has 0 aromatic carbocycles. The Kier molecular flexibility index (Phi) is 8.90. The summed E-state index contributed by atoms with van der Waals surface area (Å²) in [5.74, 6) is 1.79. The largest absolute Gasteiger partial charge is 0.380 e. The molecular formula is C13H30N2O. The van der Waals surface area contributed by atoms with Gasteiger partial charge in [-0.25, -0.2) is 0 Å². The van der Waals surface area contributed by atoms with Gasteiger partial charge in [-0.1, -0.05) is 27.7 Å². The first-order valence-corrected chi connectivity index (χ1v) is 6.54. The van der Waals surface area contributed by atoms with Crippen molar-refractivity contribution in [2.24, 2.45) is 23.5 Å². The van der Waals surface area contributed by atoms with E-state index in [-0.39, 0.29) is 0 Å². The average Bonchev–Trinajstić information content (AvgIpc) is 2.22. The van der Waals surface area contributed by atoms with Gasteiger partial charge in [-0.2, -0.15) is 0 Å². The number of rotatable bonds is 9. The van der Waals surface area contributed by atoms with Gasteiger partial charge < -0.3 is 15.8 Å². The molecule has 0 aromatic heterocycles. The summed E-state index contributed by atoms with van der Waals surface area (Å²) in [6, 6.07) is 0.438. The van der Waals surface area contributed by atoms with E-state index in [0.717, 1.165) is 26.3 Å². The predicted octanol–water partition coefficient (Wildman–Crippen LogP) is 1.87. The van der Waals surface area contributed by atoms with Crippen molar-refractivity contribution in [3.8, 4) is 0 Å². The van der Waals surface area contributed by atoms with Crippen LogP contribution in [0.4, 0.5) is 0 Å². The van der Waals surface area contributed by atoms with Gasteiger partial charge in [0.1, 0.15) is 0 Å². The number of ether oxygens (including phenoxy) is 1. The van der Waals surface area contributed by atoms with Gasteiger partial charge >= 0.3 is 0 Å². The Morgan fingerprint density at radius 2 is 1.75 bits per heavy atom. The first-order chi connectivity index (χ1) is 7.52. The van der Waals surface area contributed by atoms with E-state index in [1.165, 1.54) is 0 Å². The van der Waals surface area contributed by atoms with Crippen LogP contribution in [-0.2, 0) is 4.74 Å². The van der Waals surface area contributed by atoms with Crippen LogP contribution in [0.15, 0.2) is 0 Å². The van der Waals surface area contributed by atoms with Crippen molar-refractivity contribution >= 4 is 0 Å². The molecule has 2 unspecified atom stereocenters. The summed E-state index contributed by atoms with van der Waals surface area (Å²) in [6.45, 7) is 14.3. The van der Waals surface area contributed by atoms with Gasteiger partial charge in [-0.3, -0.25) is 0 Å². The molecule has 98 valence electrons. The van der Waals surface area contributed by atoms with Crippen molar-refractivity contribution in [3.63, 3.8) is 0 Å². The number of nitrogens with two attached hydrogens (primary N) is 1. The SMILES string of the molecule is CCOCC(NCC(CN)C(C)C)C(C)C. The quantitative estimate of drug-likeness (QED) is 0.636. The molecule has 3 N–H and O–H groups in total. The summed E-state index contributed by atoms with van der Waals surface area (Å²) in [6.07, 6.45) is 0. The van der Waals surface area contributed by atoms with E-state index in [9.17, 15) is 0 Å². The monoisotopic (exact) mass is 230 g/mol. The highest BCUT2D eigenvalue weighted by Crippen LogP contribution is 2.09. The number of nitrogens with one attached hydrogen (secondary N) is 1. The molecule has 0 spiro atoms. The predicted molar refractivity (Wildman–Crippen MR) is 70.5 cm³/mol. The molecule has 0 saturated heterocycles. The molecule has 0 radical (unpaired) electrons. The summed E-state index contributed by atoms with van der Waals surface area (Å²) in [4.78, 5) is 0. The van der Waals surface area contributed by atoms with Gasteiger partial charge in [0.15, 0.2) is 0 Å². The molecule has 0 rings (SSSR count). The molecule has 0 aromatic rings. The van der Waals surface area contributed by atoms with Crippen molar-refractivity contribution in [2.75, 3.05) is 26.3 Å². The summed E-state index contributed by atoms with van der Waals surface area (Å²) in [5, 5.41) is 3.58. The van der Waals surface area contributed by atoms with Gasteiger partial charge in [0, 0.05) is 12.6 Å². The zero-order valence-corrected chi connectivity index (χ0v) is 11.6. The Labute approximate surface area is 101 Å². The Bertz CT molecular complexity index is 160. The fraction of sp³-hybridized carbons (Fsp3) is 1.00. The highest BCUT2D eigenvalue weighted by molar-refractivity contribution is 4.74. The topological polar surface area (TPSA) is 47.3 Å². The van der Waals surface area contributed by atoms with Gasteiger partial charge in [0.25, 0.3) is 0 Å². The minimum atomic E-state index is 0.438. The number of hydrogen-bond acceptors (Lipinski definition) is 3. The van der Waals surface area contributed by atoms with E-state index in [4.69, 9.17) is 10.5 Å². The molecule has 2 atom stereocenters. The molecule has 0 bridgehead atoms. The van der Waals surface area contributed by atoms with E-state index in [2.05, 4.69) is 33.0 Å². The lowest BCUT2D eigenvalue weighted by molar-refractivity contribution is 0.105.